The number of thiazole rings is 1. The molecule has 0 aliphatic carbocycles. The first-order valence-corrected chi connectivity index (χ1v) is 7.20. The normalized spacial score (nSPS) is 13.5. The van der Waals surface area contributed by atoms with Gasteiger partial charge in [-0.25, -0.2) is 9.37 Å². The highest BCUT2D eigenvalue weighted by atomic mass is 32.1. The van der Waals surface area contributed by atoms with E-state index < -0.39 is 0 Å². The first-order chi connectivity index (χ1) is 8.86. The number of nitrogens with two attached hydrogens (primary N) is 1. The summed E-state index contributed by atoms with van der Waals surface area (Å²) in [6.45, 7) is 6.43. The third kappa shape index (κ3) is 3.61. The van der Waals surface area contributed by atoms with Crippen LogP contribution in [0.2, 0.25) is 0 Å². The monoisotopic (exact) mass is 278 g/mol. The summed E-state index contributed by atoms with van der Waals surface area (Å²) < 4.78 is 12.9. The van der Waals surface area contributed by atoms with Crippen molar-refractivity contribution in [2.75, 3.05) is 0 Å². The molecule has 0 radical (unpaired) electrons. The molecule has 19 heavy (non-hydrogen) atoms. The van der Waals surface area contributed by atoms with Gasteiger partial charge in [0.2, 0.25) is 0 Å². The van der Waals surface area contributed by atoms with Crippen LogP contribution >= 0.6 is 11.3 Å². The maximum atomic E-state index is 12.9. The molecule has 2 N–H and O–H groups in total. The molecule has 102 valence electrons. The highest BCUT2D eigenvalue weighted by Gasteiger charge is 2.18. The van der Waals surface area contributed by atoms with Gasteiger partial charge in [0.1, 0.15) is 5.82 Å². The Hall–Kier alpha value is -1.26. The van der Waals surface area contributed by atoms with E-state index in [0.717, 1.165) is 16.3 Å². The smallest absolute Gasteiger partial charge is 0.123 e. The minimum absolute atomic E-state index is 0.0642. The molecule has 0 fully saturated rings. The predicted octanol–water partition coefficient (Wildman–Crippen LogP) is 3.82. The van der Waals surface area contributed by atoms with Crippen LogP contribution in [0.15, 0.2) is 29.6 Å². The molecule has 1 heterocycles. The molecule has 0 aliphatic heterocycles. The number of benzene rings is 1. The van der Waals surface area contributed by atoms with Gasteiger partial charge in [-0.3, -0.25) is 0 Å². The van der Waals surface area contributed by atoms with Crippen molar-refractivity contribution in [1.82, 2.24) is 4.98 Å². The average molecular weight is 278 g/mol. The molecule has 0 spiro atoms. The maximum absolute atomic E-state index is 12.9. The Bertz CT molecular complexity index is 540. The van der Waals surface area contributed by atoms with Gasteiger partial charge >= 0.3 is 0 Å². The number of hydrogen-bond donors (Lipinski definition) is 1. The van der Waals surface area contributed by atoms with Gasteiger partial charge < -0.3 is 5.73 Å². The summed E-state index contributed by atoms with van der Waals surface area (Å²) in [5.74, 6) is -0.236. The van der Waals surface area contributed by atoms with Crippen molar-refractivity contribution in [3.8, 4) is 0 Å². The fraction of sp³-hybridized carbons (Fsp3) is 0.400. The number of halogens is 1. The maximum Gasteiger partial charge on any atom is 0.123 e. The van der Waals surface area contributed by atoms with Gasteiger partial charge in [-0.15, -0.1) is 11.3 Å². The molecule has 1 unspecified atom stereocenters. The van der Waals surface area contributed by atoms with E-state index >= 15 is 0 Å². The third-order valence-corrected chi connectivity index (χ3v) is 3.88. The van der Waals surface area contributed by atoms with Crippen LogP contribution in [0.5, 0.6) is 0 Å². The van der Waals surface area contributed by atoms with Crippen molar-refractivity contribution < 1.29 is 4.39 Å². The average Bonchev–Trinajstić information content (AvgIpc) is 2.78. The Balaban J connectivity index is 2.08. The SMILES string of the molecule is CC(C)(C)c1csc(CC(N)c2ccc(F)cc2)n1. The molecule has 1 atom stereocenters. The number of nitrogens with zero attached hydrogens (tertiary/aromatic N) is 1. The minimum Gasteiger partial charge on any atom is -0.324 e. The summed E-state index contributed by atoms with van der Waals surface area (Å²) in [6.07, 6.45) is 0.687. The van der Waals surface area contributed by atoms with Crippen molar-refractivity contribution in [3.05, 3.63) is 51.7 Å². The lowest BCUT2D eigenvalue weighted by Gasteiger charge is -2.14. The highest BCUT2D eigenvalue weighted by molar-refractivity contribution is 7.09. The zero-order valence-corrected chi connectivity index (χ0v) is 12.3. The lowest BCUT2D eigenvalue weighted by atomic mass is 9.93. The fourth-order valence-corrected chi connectivity index (χ4v) is 2.85. The summed E-state index contributed by atoms with van der Waals surface area (Å²) >= 11 is 1.64. The summed E-state index contributed by atoms with van der Waals surface area (Å²) in [7, 11) is 0. The quantitative estimate of drug-likeness (QED) is 0.927. The van der Waals surface area contributed by atoms with Crippen LogP contribution in [0, 0.1) is 5.82 Å². The van der Waals surface area contributed by atoms with Crippen molar-refractivity contribution in [2.45, 2.75) is 38.6 Å². The van der Waals surface area contributed by atoms with E-state index in [-0.39, 0.29) is 17.3 Å². The molecule has 2 nitrogen and oxygen atoms in total. The van der Waals surface area contributed by atoms with Crippen molar-refractivity contribution in [3.63, 3.8) is 0 Å². The number of aromatic nitrogens is 1. The summed E-state index contributed by atoms with van der Waals surface area (Å²) in [6, 6.07) is 6.21. The van der Waals surface area contributed by atoms with Gasteiger partial charge in [0, 0.05) is 23.3 Å². The van der Waals surface area contributed by atoms with E-state index in [1.807, 2.05) is 0 Å². The Morgan fingerprint density at radius 1 is 1.26 bits per heavy atom. The molecule has 0 saturated carbocycles. The van der Waals surface area contributed by atoms with Crippen LogP contribution in [-0.2, 0) is 11.8 Å². The zero-order valence-electron chi connectivity index (χ0n) is 11.5. The molecule has 0 amide bonds. The second kappa shape index (κ2) is 5.39. The first kappa shape index (κ1) is 14.2. The van der Waals surface area contributed by atoms with Crippen LogP contribution < -0.4 is 5.73 Å². The van der Waals surface area contributed by atoms with Crippen LogP contribution in [0.25, 0.3) is 0 Å². The van der Waals surface area contributed by atoms with E-state index in [1.165, 1.54) is 12.1 Å². The molecular weight excluding hydrogens is 259 g/mol. The van der Waals surface area contributed by atoms with Crippen LogP contribution in [0.4, 0.5) is 4.39 Å². The van der Waals surface area contributed by atoms with E-state index in [1.54, 1.807) is 23.5 Å². The molecule has 0 aliphatic rings. The zero-order chi connectivity index (χ0) is 14.0. The summed E-state index contributed by atoms with van der Waals surface area (Å²) in [5, 5.41) is 3.12. The van der Waals surface area contributed by atoms with E-state index in [2.05, 4.69) is 31.1 Å². The third-order valence-electron chi connectivity index (χ3n) is 3.01. The molecule has 2 aromatic rings. The van der Waals surface area contributed by atoms with Gasteiger partial charge in [-0.05, 0) is 17.7 Å². The van der Waals surface area contributed by atoms with Crippen LogP contribution in [0.3, 0.4) is 0 Å². The van der Waals surface area contributed by atoms with E-state index in [0.29, 0.717) is 6.42 Å². The molecule has 1 aromatic heterocycles. The first-order valence-electron chi connectivity index (χ1n) is 6.32. The van der Waals surface area contributed by atoms with Crippen LogP contribution in [-0.4, -0.2) is 4.98 Å². The number of rotatable bonds is 3. The Morgan fingerprint density at radius 2 is 1.89 bits per heavy atom. The van der Waals surface area contributed by atoms with Gasteiger partial charge in [0.15, 0.2) is 0 Å². The van der Waals surface area contributed by atoms with E-state index in [9.17, 15) is 4.39 Å². The van der Waals surface area contributed by atoms with Gasteiger partial charge in [-0.1, -0.05) is 32.9 Å². The molecule has 1 aromatic carbocycles. The molecule has 0 saturated heterocycles. The Morgan fingerprint density at radius 3 is 2.42 bits per heavy atom. The topological polar surface area (TPSA) is 38.9 Å². The second-order valence-corrected chi connectivity index (χ2v) is 6.68. The second-order valence-electron chi connectivity index (χ2n) is 5.74. The minimum atomic E-state index is -0.236. The lowest BCUT2D eigenvalue weighted by Crippen LogP contribution is -2.14. The van der Waals surface area contributed by atoms with Gasteiger partial charge in [0.25, 0.3) is 0 Å². The highest BCUT2D eigenvalue weighted by Crippen LogP contribution is 2.26. The fourth-order valence-electron chi connectivity index (χ4n) is 1.77. The molecule has 0 bridgehead atoms. The molecule has 2 rings (SSSR count). The predicted molar refractivity (Wildman–Crippen MR) is 77.8 cm³/mol. The number of hydrogen-bond acceptors (Lipinski definition) is 3. The van der Waals surface area contributed by atoms with Crippen molar-refractivity contribution >= 4 is 11.3 Å². The van der Waals surface area contributed by atoms with Gasteiger partial charge in [-0.2, -0.15) is 0 Å². The molecule has 4 heteroatoms. The van der Waals surface area contributed by atoms with Crippen LogP contribution in [0.1, 0.15) is 43.1 Å². The standard InChI is InChI=1S/C15H19FN2S/c1-15(2,3)13-9-19-14(18-13)8-12(17)10-4-6-11(16)7-5-10/h4-7,9,12H,8,17H2,1-3H3. The molecular formula is C15H19FN2S. The summed E-state index contributed by atoms with van der Waals surface area (Å²) in [5.41, 5.74) is 8.24. The largest absolute Gasteiger partial charge is 0.324 e. The summed E-state index contributed by atoms with van der Waals surface area (Å²) in [4.78, 5) is 4.63. The van der Waals surface area contributed by atoms with Crippen molar-refractivity contribution in [1.29, 1.82) is 0 Å². The Labute approximate surface area is 117 Å². The van der Waals surface area contributed by atoms with Crippen molar-refractivity contribution in [2.24, 2.45) is 5.73 Å². The Kier molecular flexibility index (Phi) is 4.02. The van der Waals surface area contributed by atoms with E-state index in [4.69, 9.17) is 5.73 Å². The van der Waals surface area contributed by atoms with Gasteiger partial charge in [0.05, 0.1) is 10.7 Å². The lowest BCUT2D eigenvalue weighted by molar-refractivity contribution is 0.569.